The molecule has 1 aromatic carbocycles. The minimum atomic E-state index is -0.182. The van der Waals surface area contributed by atoms with Crippen molar-refractivity contribution >= 4 is 5.91 Å². The Morgan fingerprint density at radius 3 is 3.06 bits per heavy atom. The van der Waals surface area contributed by atoms with E-state index in [-0.39, 0.29) is 17.8 Å². The number of hydrogen-bond acceptors (Lipinski definition) is 2. The van der Waals surface area contributed by atoms with E-state index in [1.807, 2.05) is 6.07 Å². The third-order valence-corrected chi connectivity index (χ3v) is 3.31. The zero-order chi connectivity index (χ0) is 13.0. The molecule has 1 aliphatic rings. The highest BCUT2D eigenvalue weighted by atomic mass is 19.1. The van der Waals surface area contributed by atoms with E-state index in [2.05, 4.69) is 10.6 Å². The van der Waals surface area contributed by atoms with E-state index >= 15 is 0 Å². The molecule has 0 aliphatic carbocycles. The Bertz CT molecular complexity index is 428. The lowest BCUT2D eigenvalue weighted by Gasteiger charge is -2.11. The predicted octanol–water partition coefficient (Wildman–Crippen LogP) is 1.54. The number of aryl methyl sites for hydroxylation is 1. The molecule has 1 amide bonds. The maximum atomic E-state index is 13.1. The van der Waals surface area contributed by atoms with Crippen LogP contribution < -0.4 is 10.6 Å². The summed E-state index contributed by atoms with van der Waals surface area (Å²) in [6.45, 7) is 3.27. The molecular weight excluding hydrogens is 231 g/mol. The number of carbonyl (C=O) groups is 1. The summed E-state index contributed by atoms with van der Waals surface area (Å²) in [5.74, 6) is -0.107. The summed E-state index contributed by atoms with van der Waals surface area (Å²) in [7, 11) is 0. The number of benzene rings is 1. The molecule has 0 spiro atoms. The molecule has 1 atom stereocenters. The molecule has 1 heterocycles. The second kappa shape index (κ2) is 5.96. The van der Waals surface area contributed by atoms with Crippen LogP contribution in [-0.4, -0.2) is 25.0 Å². The highest BCUT2D eigenvalue weighted by Crippen LogP contribution is 2.09. The molecule has 3 nitrogen and oxygen atoms in total. The summed E-state index contributed by atoms with van der Waals surface area (Å²) in [5.41, 5.74) is 1.70. The molecule has 4 heteroatoms. The van der Waals surface area contributed by atoms with Crippen LogP contribution in [0.5, 0.6) is 0 Å². The molecule has 2 rings (SSSR count). The van der Waals surface area contributed by atoms with E-state index in [1.165, 1.54) is 6.07 Å². The monoisotopic (exact) mass is 250 g/mol. The van der Waals surface area contributed by atoms with Crippen LogP contribution in [-0.2, 0) is 11.2 Å². The van der Waals surface area contributed by atoms with Crippen molar-refractivity contribution in [3.8, 4) is 0 Å². The molecule has 18 heavy (non-hydrogen) atoms. The minimum absolute atomic E-state index is 0.0278. The summed E-state index contributed by atoms with van der Waals surface area (Å²) in [6, 6.07) is 5.04. The Morgan fingerprint density at radius 2 is 2.39 bits per heavy atom. The molecule has 0 aromatic heterocycles. The van der Waals surface area contributed by atoms with Crippen LogP contribution in [0, 0.1) is 12.7 Å². The van der Waals surface area contributed by atoms with E-state index < -0.39 is 0 Å². The van der Waals surface area contributed by atoms with E-state index in [0.717, 1.165) is 31.4 Å². The number of amides is 1. The standard InChI is InChI=1S/C14H19FN2O/c1-10-9-11(4-5-12(10)15)6-8-17-14(18)13-3-2-7-16-13/h4-5,9,13,16H,2-3,6-8H2,1H3,(H,17,18)/t13-/m0/s1. The average Bonchev–Trinajstić information content (AvgIpc) is 2.87. The Kier molecular flexibility index (Phi) is 4.31. The van der Waals surface area contributed by atoms with Gasteiger partial charge in [0.05, 0.1) is 6.04 Å². The van der Waals surface area contributed by atoms with Crippen molar-refractivity contribution in [2.75, 3.05) is 13.1 Å². The molecule has 0 bridgehead atoms. The van der Waals surface area contributed by atoms with Crippen molar-refractivity contribution < 1.29 is 9.18 Å². The van der Waals surface area contributed by atoms with Gasteiger partial charge in [-0.25, -0.2) is 4.39 Å². The van der Waals surface area contributed by atoms with Gasteiger partial charge in [0.15, 0.2) is 0 Å². The number of rotatable bonds is 4. The quantitative estimate of drug-likeness (QED) is 0.851. The van der Waals surface area contributed by atoms with Crippen LogP contribution in [0.4, 0.5) is 4.39 Å². The first-order valence-corrected chi connectivity index (χ1v) is 6.43. The largest absolute Gasteiger partial charge is 0.354 e. The molecule has 0 saturated carbocycles. The number of nitrogens with one attached hydrogen (secondary N) is 2. The number of halogens is 1. The summed E-state index contributed by atoms with van der Waals surface area (Å²) >= 11 is 0. The van der Waals surface area contributed by atoms with Crippen LogP contribution in [0.2, 0.25) is 0 Å². The van der Waals surface area contributed by atoms with Gasteiger partial charge in [-0.05, 0) is 49.9 Å². The smallest absolute Gasteiger partial charge is 0.237 e. The molecule has 98 valence electrons. The van der Waals surface area contributed by atoms with Crippen LogP contribution >= 0.6 is 0 Å². The maximum Gasteiger partial charge on any atom is 0.237 e. The van der Waals surface area contributed by atoms with Gasteiger partial charge in [0, 0.05) is 6.54 Å². The zero-order valence-corrected chi connectivity index (χ0v) is 10.6. The first-order chi connectivity index (χ1) is 8.66. The van der Waals surface area contributed by atoms with E-state index in [9.17, 15) is 9.18 Å². The SMILES string of the molecule is Cc1cc(CCNC(=O)[C@@H]2CCCN2)ccc1F. The zero-order valence-electron chi connectivity index (χ0n) is 10.6. The van der Waals surface area contributed by atoms with Crippen LogP contribution in [0.15, 0.2) is 18.2 Å². The van der Waals surface area contributed by atoms with Crippen LogP contribution in [0.1, 0.15) is 24.0 Å². The molecule has 1 fully saturated rings. The third-order valence-electron chi connectivity index (χ3n) is 3.31. The van der Waals surface area contributed by atoms with Crippen molar-refractivity contribution in [1.82, 2.24) is 10.6 Å². The highest BCUT2D eigenvalue weighted by molar-refractivity contribution is 5.81. The Labute approximate surface area is 107 Å². The summed E-state index contributed by atoms with van der Waals surface area (Å²) in [5, 5.41) is 6.07. The molecule has 1 aromatic rings. The molecule has 2 N–H and O–H groups in total. The molecule has 0 radical (unpaired) electrons. The molecular formula is C14H19FN2O. The second-order valence-corrected chi connectivity index (χ2v) is 4.77. The van der Waals surface area contributed by atoms with Gasteiger partial charge in [0.1, 0.15) is 5.82 Å². The second-order valence-electron chi connectivity index (χ2n) is 4.77. The maximum absolute atomic E-state index is 13.1. The van der Waals surface area contributed by atoms with Crippen molar-refractivity contribution in [2.45, 2.75) is 32.2 Å². The van der Waals surface area contributed by atoms with Gasteiger partial charge in [-0.1, -0.05) is 12.1 Å². The van der Waals surface area contributed by atoms with E-state index in [0.29, 0.717) is 12.1 Å². The van der Waals surface area contributed by atoms with Gasteiger partial charge in [0.2, 0.25) is 5.91 Å². The van der Waals surface area contributed by atoms with Crippen LogP contribution in [0.25, 0.3) is 0 Å². The van der Waals surface area contributed by atoms with Gasteiger partial charge in [-0.15, -0.1) is 0 Å². The minimum Gasteiger partial charge on any atom is -0.354 e. The van der Waals surface area contributed by atoms with Gasteiger partial charge in [0.25, 0.3) is 0 Å². The van der Waals surface area contributed by atoms with E-state index in [1.54, 1.807) is 13.0 Å². The fraction of sp³-hybridized carbons (Fsp3) is 0.500. The molecule has 1 aliphatic heterocycles. The van der Waals surface area contributed by atoms with Crippen molar-refractivity contribution in [2.24, 2.45) is 0 Å². The van der Waals surface area contributed by atoms with Crippen LogP contribution in [0.3, 0.4) is 0 Å². The number of hydrogen-bond donors (Lipinski definition) is 2. The number of carbonyl (C=O) groups excluding carboxylic acids is 1. The Balaban J connectivity index is 1.77. The first kappa shape index (κ1) is 13.0. The predicted molar refractivity (Wildman–Crippen MR) is 68.9 cm³/mol. The highest BCUT2D eigenvalue weighted by Gasteiger charge is 2.21. The lowest BCUT2D eigenvalue weighted by atomic mass is 10.1. The fourth-order valence-electron chi connectivity index (χ4n) is 2.22. The molecule has 1 saturated heterocycles. The normalized spacial score (nSPS) is 18.9. The summed E-state index contributed by atoms with van der Waals surface area (Å²) in [6.07, 6.45) is 2.72. The van der Waals surface area contributed by atoms with E-state index in [4.69, 9.17) is 0 Å². The summed E-state index contributed by atoms with van der Waals surface area (Å²) < 4.78 is 13.1. The van der Waals surface area contributed by atoms with Gasteiger partial charge < -0.3 is 10.6 Å². The Hall–Kier alpha value is -1.42. The van der Waals surface area contributed by atoms with Gasteiger partial charge >= 0.3 is 0 Å². The average molecular weight is 250 g/mol. The van der Waals surface area contributed by atoms with Crippen molar-refractivity contribution in [1.29, 1.82) is 0 Å². The van der Waals surface area contributed by atoms with Crippen molar-refractivity contribution in [3.05, 3.63) is 35.1 Å². The third kappa shape index (κ3) is 3.29. The lowest BCUT2D eigenvalue weighted by Crippen LogP contribution is -2.41. The van der Waals surface area contributed by atoms with Gasteiger partial charge in [-0.2, -0.15) is 0 Å². The fourth-order valence-corrected chi connectivity index (χ4v) is 2.22. The first-order valence-electron chi connectivity index (χ1n) is 6.43. The Morgan fingerprint density at radius 1 is 1.56 bits per heavy atom. The molecule has 0 unspecified atom stereocenters. The summed E-state index contributed by atoms with van der Waals surface area (Å²) in [4.78, 5) is 11.7. The van der Waals surface area contributed by atoms with Crippen molar-refractivity contribution in [3.63, 3.8) is 0 Å². The topological polar surface area (TPSA) is 41.1 Å². The lowest BCUT2D eigenvalue weighted by molar-refractivity contribution is -0.122. The van der Waals surface area contributed by atoms with Gasteiger partial charge in [-0.3, -0.25) is 4.79 Å².